The second-order valence-corrected chi connectivity index (χ2v) is 5.37. The molecular formula is C14H23N3O. The quantitative estimate of drug-likeness (QED) is 0.831. The Hall–Kier alpha value is -1.13. The van der Waals surface area contributed by atoms with Crippen LogP contribution in [0.25, 0.3) is 0 Å². The van der Waals surface area contributed by atoms with E-state index in [4.69, 9.17) is 5.73 Å². The topological polar surface area (TPSA) is 62.4 Å². The van der Waals surface area contributed by atoms with E-state index in [1.165, 1.54) is 5.56 Å². The fourth-order valence-corrected chi connectivity index (χ4v) is 2.68. The molecule has 1 fully saturated rings. The van der Waals surface area contributed by atoms with Crippen molar-refractivity contribution >= 4 is 5.82 Å². The first kappa shape index (κ1) is 13.3. The van der Waals surface area contributed by atoms with Crippen molar-refractivity contribution in [3.63, 3.8) is 0 Å². The minimum Gasteiger partial charge on any atom is -0.393 e. The van der Waals surface area contributed by atoms with Gasteiger partial charge in [0, 0.05) is 30.9 Å². The first-order valence-corrected chi connectivity index (χ1v) is 6.63. The van der Waals surface area contributed by atoms with Crippen molar-refractivity contribution < 1.29 is 5.11 Å². The molecule has 2 atom stereocenters. The number of aryl methyl sites for hydroxylation is 2. The van der Waals surface area contributed by atoms with Gasteiger partial charge in [0.25, 0.3) is 0 Å². The molecule has 0 aromatic carbocycles. The average Bonchev–Trinajstić information content (AvgIpc) is 2.32. The van der Waals surface area contributed by atoms with E-state index in [1.54, 1.807) is 0 Å². The van der Waals surface area contributed by atoms with E-state index in [1.807, 2.05) is 6.92 Å². The molecular weight excluding hydrogens is 226 g/mol. The summed E-state index contributed by atoms with van der Waals surface area (Å²) in [5.41, 5.74) is 9.22. The largest absolute Gasteiger partial charge is 0.393 e. The van der Waals surface area contributed by atoms with Gasteiger partial charge in [-0.3, -0.25) is 0 Å². The number of rotatable bonds is 2. The summed E-state index contributed by atoms with van der Waals surface area (Å²) < 4.78 is 0. The average molecular weight is 249 g/mol. The van der Waals surface area contributed by atoms with Crippen LogP contribution in [0.1, 0.15) is 30.2 Å². The Kier molecular flexibility index (Phi) is 3.88. The van der Waals surface area contributed by atoms with Gasteiger partial charge in [-0.2, -0.15) is 0 Å². The summed E-state index contributed by atoms with van der Waals surface area (Å²) in [6, 6.07) is 2.08. The predicted molar refractivity (Wildman–Crippen MR) is 73.6 cm³/mol. The summed E-state index contributed by atoms with van der Waals surface area (Å²) in [7, 11) is 0. The molecule has 1 aliphatic heterocycles. The van der Waals surface area contributed by atoms with Gasteiger partial charge in [-0.15, -0.1) is 0 Å². The van der Waals surface area contributed by atoms with Gasteiger partial charge in [0.05, 0.1) is 6.10 Å². The van der Waals surface area contributed by atoms with Crippen LogP contribution in [0.3, 0.4) is 0 Å². The third kappa shape index (κ3) is 2.49. The van der Waals surface area contributed by atoms with Crippen LogP contribution in [0.5, 0.6) is 0 Å². The van der Waals surface area contributed by atoms with Gasteiger partial charge in [-0.05, 0) is 37.8 Å². The molecule has 2 heterocycles. The van der Waals surface area contributed by atoms with Crippen molar-refractivity contribution in [2.24, 2.45) is 11.7 Å². The van der Waals surface area contributed by atoms with Crippen LogP contribution in [0.4, 0.5) is 5.82 Å². The Morgan fingerprint density at radius 2 is 2.22 bits per heavy atom. The molecule has 1 aromatic heterocycles. The third-order valence-corrected chi connectivity index (χ3v) is 3.82. The van der Waals surface area contributed by atoms with Gasteiger partial charge < -0.3 is 15.7 Å². The Bertz CT molecular complexity index is 433. The molecule has 2 rings (SSSR count). The second kappa shape index (κ2) is 5.24. The Morgan fingerprint density at radius 3 is 2.83 bits per heavy atom. The zero-order valence-corrected chi connectivity index (χ0v) is 11.5. The number of nitrogens with two attached hydrogens (primary N) is 1. The van der Waals surface area contributed by atoms with Gasteiger partial charge in [0.2, 0.25) is 0 Å². The number of pyridine rings is 1. The van der Waals surface area contributed by atoms with E-state index in [2.05, 4.69) is 29.8 Å². The zero-order valence-electron chi connectivity index (χ0n) is 11.5. The molecule has 0 bridgehead atoms. The van der Waals surface area contributed by atoms with Crippen molar-refractivity contribution in [1.82, 2.24) is 4.98 Å². The van der Waals surface area contributed by atoms with Crippen LogP contribution in [0.2, 0.25) is 0 Å². The van der Waals surface area contributed by atoms with Gasteiger partial charge >= 0.3 is 0 Å². The first-order chi connectivity index (χ1) is 8.52. The number of hydrogen-bond acceptors (Lipinski definition) is 4. The van der Waals surface area contributed by atoms with Crippen molar-refractivity contribution in [3.05, 3.63) is 22.9 Å². The van der Waals surface area contributed by atoms with E-state index in [9.17, 15) is 5.11 Å². The monoisotopic (exact) mass is 249 g/mol. The maximum Gasteiger partial charge on any atom is 0.133 e. The summed E-state index contributed by atoms with van der Waals surface area (Å²) in [5.74, 6) is 1.29. The standard InChI is InChI=1S/C14H23N3O/c1-9-6-11(3)16-14(12(9)7-15)17-5-4-13(18)10(2)8-17/h6,10,13,18H,4-5,7-8,15H2,1-3H3. The van der Waals surface area contributed by atoms with Crippen LogP contribution >= 0.6 is 0 Å². The number of aliphatic hydroxyl groups is 1. The van der Waals surface area contributed by atoms with Crippen LogP contribution in [-0.4, -0.2) is 29.3 Å². The molecule has 3 N–H and O–H groups in total. The normalized spacial score (nSPS) is 24.4. The highest BCUT2D eigenvalue weighted by atomic mass is 16.3. The number of aliphatic hydroxyl groups excluding tert-OH is 1. The second-order valence-electron chi connectivity index (χ2n) is 5.37. The van der Waals surface area contributed by atoms with E-state index in [0.29, 0.717) is 6.54 Å². The summed E-state index contributed by atoms with van der Waals surface area (Å²) in [5, 5.41) is 9.81. The smallest absolute Gasteiger partial charge is 0.133 e. The van der Waals surface area contributed by atoms with Crippen molar-refractivity contribution in [3.8, 4) is 0 Å². The molecule has 0 saturated carbocycles. The number of anilines is 1. The lowest BCUT2D eigenvalue weighted by Gasteiger charge is -2.36. The zero-order chi connectivity index (χ0) is 13.3. The van der Waals surface area contributed by atoms with Crippen LogP contribution in [0.15, 0.2) is 6.07 Å². The number of hydrogen-bond donors (Lipinski definition) is 2. The Morgan fingerprint density at radius 1 is 1.50 bits per heavy atom. The minimum absolute atomic E-state index is 0.187. The Labute approximate surface area is 109 Å². The number of piperidine rings is 1. The van der Waals surface area contributed by atoms with Crippen molar-refractivity contribution in [1.29, 1.82) is 0 Å². The van der Waals surface area contributed by atoms with E-state index >= 15 is 0 Å². The lowest BCUT2D eigenvalue weighted by Crippen LogP contribution is -2.43. The predicted octanol–water partition coefficient (Wildman–Crippen LogP) is 1.36. The third-order valence-electron chi connectivity index (χ3n) is 3.82. The molecule has 2 unspecified atom stereocenters. The fraction of sp³-hybridized carbons (Fsp3) is 0.643. The summed E-state index contributed by atoms with van der Waals surface area (Å²) >= 11 is 0. The molecule has 0 radical (unpaired) electrons. The summed E-state index contributed by atoms with van der Waals surface area (Å²) in [6.07, 6.45) is 0.619. The lowest BCUT2D eigenvalue weighted by molar-refractivity contribution is 0.0968. The van der Waals surface area contributed by atoms with E-state index in [0.717, 1.165) is 36.6 Å². The van der Waals surface area contributed by atoms with Crippen molar-refractivity contribution in [2.45, 2.75) is 39.8 Å². The number of aromatic nitrogens is 1. The number of nitrogens with zero attached hydrogens (tertiary/aromatic N) is 2. The fourth-order valence-electron chi connectivity index (χ4n) is 2.68. The molecule has 1 aliphatic rings. The highest BCUT2D eigenvalue weighted by Gasteiger charge is 2.26. The molecule has 1 saturated heterocycles. The molecule has 0 amide bonds. The van der Waals surface area contributed by atoms with Gasteiger partial charge in [0.1, 0.15) is 5.82 Å². The van der Waals surface area contributed by atoms with Gasteiger partial charge in [0.15, 0.2) is 0 Å². The van der Waals surface area contributed by atoms with Gasteiger partial charge in [-0.25, -0.2) is 4.98 Å². The maximum atomic E-state index is 9.81. The Balaban J connectivity index is 2.33. The van der Waals surface area contributed by atoms with Crippen molar-refractivity contribution in [2.75, 3.05) is 18.0 Å². The molecule has 0 aliphatic carbocycles. The summed E-state index contributed by atoms with van der Waals surface area (Å²) in [6.45, 7) is 8.41. The molecule has 0 spiro atoms. The van der Waals surface area contributed by atoms with Gasteiger partial charge in [-0.1, -0.05) is 6.92 Å². The highest BCUT2D eigenvalue weighted by Crippen LogP contribution is 2.27. The van der Waals surface area contributed by atoms with Crippen LogP contribution in [-0.2, 0) is 6.54 Å². The molecule has 1 aromatic rings. The van der Waals surface area contributed by atoms with E-state index < -0.39 is 0 Å². The minimum atomic E-state index is -0.187. The maximum absolute atomic E-state index is 9.81. The molecule has 4 heteroatoms. The molecule has 18 heavy (non-hydrogen) atoms. The SMILES string of the molecule is Cc1cc(C)c(CN)c(N2CCC(O)C(C)C2)n1. The van der Waals surface area contributed by atoms with Crippen LogP contribution < -0.4 is 10.6 Å². The molecule has 4 nitrogen and oxygen atoms in total. The molecule has 100 valence electrons. The summed E-state index contributed by atoms with van der Waals surface area (Å²) in [4.78, 5) is 6.92. The first-order valence-electron chi connectivity index (χ1n) is 6.63. The van der Waals surface area contributed by atoms with E-state index in [-0.39, 0.29) is 12.0 Å². The lowest BCUT2D eigenvalue weighted by atomic mass is 9.96. The van der Waals surface area contributed by atoms with Crippen LogP contribution in [0, 0.1) is 19.8 Å². The highest BCUT2D eigenvalue weighted by molar-refractivity contribution is 5.52.